The Bertz CT molecular complexity index is 683. The molecule has 0 bridgehead atoms. The van der Waals surface area contributed by atoms with Crippen LogP contribution in [0.5, 0.6) is 0 Å². The van der Waals surface area contributed by atoms with Crippen molar-refractivity contribution in [1.82, 2.24) is 0 Å². The summed E-state index contributed by atoms with van der Waals surface area (Å²) in [5, 5.41) is 3.82. The monoisotopic (exact) mass is 210 g/mol. The van der Waals surface area contributed by atoms with Crippen molar-refractivity contribution in [2.75, 3.05) is 0 Å². The van der Waals surface area contributed by atoms with Gasteiger partial charge in [0.1, 0.15) is 5.82 Å². The summed E-state index contributed by atoms with van der Waals surface area (Å²) < 4.78 is 13.9. The van der Waals surface area contributed by atoms with Crippen LogP contribution in [0.4, 0.5) is 4.39 Å². The molecule has 0 radical (unpaired) electrons. The topological polar surface area (TPSA) is 0 Å². The van der Waals surface area contributed by atoms with E-state index in [0.717, 1.165) is 27.1 Å². The zero-order valence-corrected chi connectivity index (χ0v) is 9.00. The number of fused-ring (bicyclic) bond motifs is 3. The van der Waals surface area contributed by atoms with Crippen LogP contribution in [-0.4, -0.2) is 0 Å². The molecule has 0 aromatic heterocycles. The molecule has 3 aromatic carbocycles. The number of halogens is 1. The minimum absolute atomic E-state index is 0.141. The minimum atomic E-state index is -0.141. The molecule has 3 rings (SSSR count). The lowest BCUT2D eigenvalue weighted by molar-refractivity contribution is 0.640. The van der Waals surface area contributed by atoms with Gasteiger partial charge in [-0.15, -0.1) is 0 Å². The van der Waals surface area contributed by atoms with Crippen molar-refractivity contribution in [3.8, 4) is 0 Å². The quantitative estimate of drug-likeness (QED) is 0.481. The Kier molecular flexibility index (Phi) is 1.93. The third kappa shape index (κ3) is 1.21. The first-order chi connectivity index (χ1) is 7.77. The summed E-state index contributed by atoms with van der Waals surface area (Å²) in [4.78, 5) is 0. The molecule has 0 N–H and O–H groups in total. The standard InChI is InChI=1S/C15H11F/c1-10-9-11-5-2-3-6-13(11)15-12(10)7-4-8-14(15)16/h2-9H,1H3. The van der Waals surface area contributed by atoms with Gasteiger partial charge in [-0.25, -0.2) is 4.39 Å². The number of aryl methyl sites for hydroxylation is 1. The fourth-order valence-corrected chi connectivity index (χ4v) is 2.29. The summed E-state index contributed by atoms with van der Waals surface area (Å²) in [6.45, 7) is 2.02. The summed E-state index contributed by atoms with van der Waals surface area (Å²) >= 11 is 0. The molecule has 0 nitrogen and oxygen atoms in total. The van der Waals surface area contributed by atoms with Crippen LogP contribution < -0.4 is 0 Å². The molecule has 0 aliphatic rings. The Balaban J connectivity index is 2.67. The molecule has 0 saturated carbocycles. The van der Waals surface area contributed by atoms with E-state index in [4.69, 9.17) is 0 Å². The second-order valence-electron chi connectivity index (χ2n) is 4.08. The van der Waals surface area contributed by atoms with Crippen LogP contribution >= 0.6 is 0 Å². The van der Waals surface area contributed by atoms with Gasteiger partial charge >= 0.3 is 0 Å². The van der Waals surface area contributed by atoms with Crippen LogP contribution in [-0.2, 0) is 0 Å². The summed E-state index contributed by atoms with van der Waals surface area (Å²) in [6.07, 6.45) is 0. The molecule has 0 aliphatic carbocycles. The minimum Gasteiger partial charge on any atom is -0.206 e. The van der Waals surface area contributed by atoms with Crippen molar-refractivity contribution in [3.05, 3.63) is 59.9 Å². The van der Waals surface area contributed by atoms with E-state index in [1.165, 1.54) is 6.07 Å². The first kappa shape index (κ1) is 9.34. The number of hydrogen-bond acceptors (Lipinski definition) is 0. The maximum Gasteiger partial charge on any atom is 0.131 e. The second kappa shape index (κ2) is 3.31. The van der Waals surface area contributed by atoms with E-state index < -0.39 is 0 Å². The van der Waals surface area contributed by atoms with Crippen molar-refractivity contribution < 1.29 is 4.39 Å². The highest BCUT2D eigenvalue weighted by Crippen LogP contribution is 2.29. The van der Waals surface area contributed by atoms with E-state index in [1.54, 1.807) is 6.07 Å². The van der Waals surface area contributed by atoms with E-state index >= 15 is 0 Å². The largest absolute Gasteiger partial charge is 0.206 e. The molecular weight excluding hydrogens is 199 g/mol. The predicted octanol–water partition coefficient (Wildman–Crippen LogP) is 4.44. The normalized spacial score (nSPS) is 11.1. The van der Waals surface area contributed by atoms with Gasteiger partial charge in [0, 0.05) is 5.39 Å². The lowest BCUT2D eigenvalue weighted by Gasteiger charge is -2.07. The molecule has 0 atom stereocenters. The number of rotatable bonds is 0. The van der Waals surface area contributed by atoms with E-state index in [9.17, 15) is 4.39 Å². The molecule has 0 fully saturated rings. The zero-order valence-electron chi connectivity index (χ0n) is 9.00. The van der Waals surface area contributed by atoms with Gasteiger partial charge in [-0.05, 0) is 34.7 Å². The highest BCUT2D eigenvalue weighted by Gasteiger charge is 2.07. The Morgan fingerprint density at radius 2 is 1.62 bits per heavy atom. The van der Waals surface area contributed by atoms with Crippen molar-refractivity contribution in [1.29, 1.82) is 0 Å². The van der Waals surface area contributed by atoms with Crippen LogP contribution in [0.2, 0.25) is 0 Å². The maximum atomic E-state index is 13.9. The van der Waals surface area contributed by atoms with Gasteiger partial charge in [-0.3, -0.25) is 0 Å². The van der Waals surface area contributed by atoms with Crippen molar-refractivity contribution in [2.45, 2.75) is 6.92 Å². The molecule has 0 spiro atoms. The SMILES string of the molecule is Cc1cc2ccccc2c2c(F)cccc12. The Morgan fingerprint density at radius 3 is 2.50 bits per heavy atom. The van der Waals surface area contributed by atoms with Gasteiger partial charge < -0.3 is 0 Å². The van der Waals surface area contributed by atoms with Gasteiger partial charge in [0.05, 0.1) is 0 Å². The van der Waals surface area contributed by atoms with Crippen LogP contribution in [0.1, 0.15) is 5.56 Å². The van der Waals surface area contributed by atoms with Gasteiger partial charge in [0.15, 0.2) is 0 Å². The molecule has 16 heavy (non-hydrogen) atoms. The Morgan fingerprint density at radius 1 is 0.875 bits per heavy atom. The molecule has 1 heteroatoms. The zero-order chi connectivity index (χ0) is 11.1. The second-order valence-corrected chi connectivity index (χ2v) is 4.08. The molecule has 78 valence electrons. The molecule has 0 amide bonds. The fraction of sp³-hybridized carbons (Fsp3) is 0.0667. The molecule has 0 heterocycles. The maximum absolute atomic E-state index is 13.9. The highest BCUT2D eigenvalue weighted by molar-refractivity contribution is 6.09. The Hall–Kier alpha value is -1.89. The molecule has 0 unspecified atom stereocenters. The third-order valence-electron chi connectivity index (χ3n) is 3.04. The van der Waals surface area contributed by atoms with Crippen molar-refractivity contribution in [3.63, 3.8) is 0 Å². The molecule has 0 saturated heterocycles. The Labute approximate surface area is 93.3 Å². The average molecular weight is 210 g/mol. The number of benzene rings is 3. The summed E-state index contributed by atoms with van der Waals surface area (Å²) in [5.74, 6) is -0.141. The van der Waals surface area contributed by atoms with E-state index in [2.05, 4.69) is 6.07 Å². The van der Waals surface area contributed by atoms with Crippen LogP contribution in [0.25, 0.3) is 21.5 Å². The fourth-order valence-electron chi connectivity index (χ4n) is 2.29. The lowest BCUT2D eigenvalue weighted by Crippen LogP contribution is -1.85. The summed E-state index contributed by atoms with van der Waals surface area (Å²) in [7, 11) is 0. The average Bonchev–Trinajstić information content (AvgIpc) is 2.30. The van der Waals surface area contributed by atoms with E-state index in [-0.39, 0.29) is 5.82 Å². The molecular formula is C15H11F. The molecule has 0 aliphatic heterocycles. The van der Waals surface area contributed by atoms with Crippen LogP contribution in [0, 0.1) is 12.7 Å². The van der Waals surface area contributed by atoms with Gasteiger partial charge in [-0.1, -0.05) is 42.5 Å². The van der Waals surface area contributed by atoms with Gasteiger partial charge in [0.25, 0.3) is 0 Å². The van der Waals surface area contributed by atoms with Gasteiger partial charge in [-0.2, -0.15) is 0 Å². The first-order valence-corrected chi connectivity index (χ1v) is 5.34. The first-order valence-electron chi connectivity index (χ1n) is 5.34. The third-order valence-corrected chi connectivity index (χ3v) is 3.04. The predicted molar refractivity (Wildman–Crippen MR) is 66.1 cm³/mol. The van der Waals surface area contributed by atoms with E-state index in [1.807, 2.05) is 37.3 Å². The van der Waals surface area contributed by atoms with Crippen molar-refractivity contribution >= 4 is 21.5 Å². The molecule has 3 aromatic rings. The van der Waals surface area contributed by atoms with Crippen molar-refractivity contribution in [2.24, 2.45) is 0 Å². The lowest BCUT2D eigenvalue weighted by atomic mass is 9.98. The summed E-state index contributed by atoms with van der Waals surface area (Å²) in [5.41, 5.74) is 1.12. The van der Waals surface area contributed by atoms with Crippen LogP contribution in [0.3, 0.4) is 0 Å². The highest BCUT2D eigenvalue weighted by atomic mass is 19.1. The van der Waals surface area contributed by atoms with E-state index in [0.29, 0.717) is 0 Å². The van der Waals surface area contributed by atoms with Gasteiger partial charge in [0.2, 0.25) is 0 Å². The van der Waals surface area contributed by atoms with Crippen LogP contribution in [0.15, 0.2) is 48.5 Å². The smallest absolute Gasteiger partial charge is 0.131 e. The number of hydrogen-bond donors (Lipinski definition) is 0. The summed E-state index contributed by atoms with van der Waals surface area (Å²) in [6, 6.07) is 15.3.